The number of aromatic nitrogens is 2. The van der Waals surface area contributed by atoms with Crippen LogP contribution in [0.3, 0.4) is 0 Å². The van der Waals surface area contributed by atoms with Gasteiger partial charge in [0.25, 0.3) is 5.69 Å². The van der Waals surface area contributed by atoms with Crippen molar-refractivity contribution < 1.29 is 24.4 Å². The number of non-ortho nitro benzene ring substituents is 1. The molecule has 1 fully saturated rings. The van der Waals surface area contributed by atoms with Crippen molar-refractivity contribution in [2.75, 3.05) is 6.26 Å². The Morgan fingerprint density at radius 3 is 2.68 bits per heavy atom. The topological polar surface area (TPSA) is 136 Å². The van der Waals surface area contributed by atoms with Gasteiger partial charge in [0.15, 0.2) is 10.0 Å². The second-order valence-corrected chi connectivity index (χ2v) is 12.6. The van der Waals surface area contributed by atoms with Crippen LogP contribution in [0.2, 0.25) is 0 Å². The highest BCUT2D eigenvalue weighted by Gasteiger charge is 2.58. The van der Waals surface area contributed by atoms with Gasteiger partial charge < -0.3 is 9.84 Å². The zero-order valence-electron chi connectivity index (χ0n) is 17.7. The monoisotopic (exact) mass is 558 g/mol. The summed E-state index contributed by atoms with van der Waals surface area (Å²) in [6.45, 7) is 1.43. The van der Waals surface area contributed by atoms with Crippen molar-refractivity contribution in [2.24, 2.45) is 5.92 Å². The van der Waals surface area contributed by atoms with Crippen LogP contribution in [-0.2, 0) is 20.9 Å². The van der Waals surface area contributed by atoms with Crippen molar-refractivity contribution in [1.29, 1.82) is 0 Å². The largest absolute Gasteiger partial charge is 0.456 e. The summed E-state index contributed by atoms with van der Waals surface area (Å²) in [5.74, 6) is -1.67. The highest BCUT2D eigenvalue weighted by atomic mass is 32.2. The molecule has 2 aliphatic rings. The number of aliphatic hydroxyl groups excluding tert-OH is 1. The number of thioether (sulfide) groups is 3. The average molecular weight is 559 g/mol. The smallest absolute Gasteiger partial charge is 0.357 e. The molecule has 34 heavy (non-hydrogen) atoms. The van der Waals surface area contributed by atoms with Gasteiger partial charge >= 0.3 is 5.97 Å². The Labute approximate surface area is 216 Å². The first-order chi connectivity index (χ1) is 16.2. The van der Waals surface area contributed by atoms with E-state index >= 15 is 0 Å². The molecular formula is C19H18N4O6S5. The molecule has 0 spiro atoms. The van der Waals surface area contributed by atoms with Crippen LogP contribution in [0.25, 0.3) is 0 Å². The number of rotatable bonds is 9. The summed E-state index contributed by atoms with van der Waals surface area (Å²) in [5.41, 5.74) is 0.610. The number of nitrogens with zero attached hydrogens (tertiary/aromatic N) is 4. The van der Waals surface area contributed by atoms with E-state index in [0.717, 1.165) is 4.34 Å². The zero-order chi connectivity index (χ0) is 24.6. The number of nitro groups is 1. The van der Waals surface area contributed by atoms with E-state index in [1.54, 1.807) is 6.92 Å². The number of esters is 1. The minimum Gasteiger partial charge on any atom is -0.456 e. The Morgan fingerprint density at radius 1 is 1.38 bits per heavy atom. The summed E-state index contributed by atoms with van der Waals surface area (Å²) >= 11 is 10.1. The third-order valence-electron chi connectivity index (χ3n) is 5.00. The number of thiol groups is 1. The van der Waals surface area contributed by atoms with Gasteiger partial charge in [-0.05, 0) is 30.9 Å². The third-order valence-corrected chi connectivity index (χ3v) is 10.4. The van der Waals surface area contributed by atoms with E-state index in [-0.39, 0.29) is 23.9 Å². The summed E-state index contributed by atoms with van der Waals surface area (Å²) < 4.78 is 6.37. The molecule has 1 N–H and O–H groups in total. The number of benzene rings is 1. The Bertz CT molecular complexity index is 1150. The Morgan fingerprint density at radius 2 is 2.09 bits per heavy atom. The van der Waals surface area contributed by atoms with Crippen LogP contribution in [0, 0.1) is 16.0 Å². The predicted octanol–water partition coefficient (Wildman–Crippen LogP) is 3.65. The molecule has 10 nitrogen and oxygen atoms in total. The number of aliphatic hydroxyl groups is 1. The molecule has 1 unspecified atom stereocenters. The van der Waals surface area contributed by atoms with Crippen LogP contribution in [0.15, 0.2) is 38.5 Å². The van der Waals surface area contributed by atoms with Gasteiger partial charge in [0.1, 0.15) is 21.6 Å². The molecule has 1 amide bonds. The molecule has 4 atom stereocenters. The van der Waals surface area contributed by atoms with Crippen LogP contribution in [0.1, 0.15) is 22.1 Å². The lowest BCUT2D eigenvalue weighted by Crippen LogP contribution is -2.60. The molecule has 1 aromatic carbocycles. The van der Waals surface area contributed by atoms with E-state index in [2.05, 4.69) is 22.8 Å². The lowest BCUT2D eigenvalue weighted by molar-refractivity contribution is -0.384. The molecule has 0 aliphatic carbocycles. The van der Waals surface area contributed by atoms with Crippen molar-refractivity contribution in [3.05, 3.63) is 54.9 Å². The number of amides is 1. The molecule has 0 bridgehead atoms. The predicted molar refractivity (Wildman–Crippen MR) is 134 cm³/mol. The number of nitro benzene ring substituents is 1. The van der Waals surface area contributed by atoms with E-state index in [1.165, 1.54) is 75.8 Å². The fourth-order valence-corrected chi connectivity index (χ4v) is 8.26. The summed E-state index contributed by atoms with van der Waals surface area (Å²) in [5, 5.41) is 29.3. The number of fused-ring (bicyclic) bond motifs is 1. The molecule has 15 heteroatoms. The number of carbonyl (C=O) groups is 2. The van der Waals surface area contributed by atoms with Gasteiger partial charge in [-0.3, -0.25) is 19.8 Å². The standard InChI is InChI=1S/C19H18N4O6S5/c1-8(24)11-14(25)22-12(16(26)29-7-9-3-5-10(6-4-9)23(27)28)18(33-15(11)22)34-17(30)13-20-21-19(31-2)32-13/h3-6,8,11,15,17,24,30H,7H2,1-2H3/t8-,11+,15-,17?/m1/s1. The van der Waals surface area contributed by atoms with E-state index in [1.807, 2.05) is 6.26 Å². The van der Waals surface area contributed by atoms with Gasteiger partial charge in [-0.1, -0.05) is 46.6 Å². The molecule has 0 radical (unpaired) electrons. The van der Waals surface area contributed by atoms with Gasteiger partial charge in [0.05, 0.1) is 21.2 Å². The second kappa shape index (κ2) is 10.5. The van der Waals surface area contributed by atoms with Crippen molar-refractivity contribution in [1.82, 2.24) is 15.1 Å². The van der Waals surface area contributed by atoms with Gasteiger partial charge in [-0.2, -0.15) is 12.6 Å². The van der Waals surface area contributed by atoms with Crippen LogP contribution in [-0.4, -0.2) is 54.7 Å². The fraction of sp³-hybridized carbons (Fsp3) is 0.368. The number of hydrogen-bond acceptors (Lipinski definition) is 13. The maximum Gasteiger partial charge on any atom is 0.357 e. The SMILES string of the molecule is CSc1nnc(C(S)SC2=C(C(=O)OCc3ccc([N+](=O)[O-])cc3)N3C(=O)[C@H]([C@@H](C)O)[C@H]3S2)s1. The first-order valence-corrected chi connectivity index (χ1v) is 14.1. The Kier molecular flexibility index (Phi) is 7.79. The van der Waals surface area contributed by atoms with Crippen LogP contribution in [0.4, 0.5) is 5.69 Å². The molecular weight excluding hydrogens is 541 g/mol. The molecule has 3 heterocycles. The summed E-state index contributed by atoms with van der Waals surface area (Å²) in [7, 11) is 0. The van der Waals surface area contributed by atoms with Crippen LogP contribution in [0.5, 0.6) is 0 Å². The van der Waals surface area contributed by atoms with Gasteiger partial charge in [-0.15, -0.1) is 10.2 Å². The highest BCUT2D eigenvalue weighted by molar-refractivity contribution is 8.26. The van der Waals surface area contributed by atoms with Crippen molar-refractivity contribution in [2.45, 2.75) is 33.9 Å². The minimum atomic E-state index is -0.859. The molecule has 2 aliphatic heterocycles. The Balaban J connectivity index is 1.53. The van der Waals surface area contributed by atoms with Gasteiger partial charge in [-0.25, -0.2) is 4.79 Å². The van der Waals surface area contributed by atoms with E-state index in [0.29, 0.717) is 14.8 Å². The summed E-state index contributed by atoms with van der Waals surface area (Å²) in [6.07, 6.45) is 1.04. The van der Waals surface area contributed by atoms with Crippen molar-refractivity contribution in [3.63, 3.8) is 0 Å². The van der Waals surface area contributed by atoms with Gasteiger partial charge in [0, 0.05) is 12.1 Å². The number of hydrogen-bond donors (Lipinski definition) is 2. The molecule has 180 valence electrons. The summed E-state index contributed by atoms with van der Waals surface area (Å²) in [4.78, 5) is 37.4. The minimum absolute atomic E-state index is 0.0667. The quantitative estimate of drug-likeness (QED) is 0.0888. The lowest BCUT2D eigenvalue weighted by Gasteiger charge is -2.43. The summed E-state index contributed by atoms with van der Waals surface area (Å²) in [6, 6.07) is 5.66. The first kappa shape index (κ1) is 25.3. The molecule has 1 saturated heterocycles. The number of β-lactam (4-membered cyclic amide) rings is 1. The lowest BCUT2D eigenvalue weighted by atomic mass is 9.92. The van der Waals surface area contributed by atoms with Gasteiger partial charge in [0.2, 0.25) is 5.91 Å². The van der Waals surface area contributed by atoms with E-state index in [4.69, 9.17) is 4.74 Å². The van der Waals surface area contributed by atoms with Crippen LogP contribution >= 0.6 is 59.3 Å². The first-order valence-electron chi connectivity index (χ1n) is 9.76. The zero-order valence-corrected chi connectivity index (χ0v) is 21.8. The van der Waals surface area contributed by atoms with Crippen LogP contribution < -0.4 is 0 Å². The fourth-order valence-electron chi connectivity index (χ4n) is 3.31. The van der Waals surface area contributed by atoms with Crippen molar-refractivity contribution >= 4 is 76.8 Å². The second-order valence-electron chi connectivity index (χ2n) is 7.20. The van der Waals surface area contributed by atoms with E-state index < -0.39 is 32.9 Å². The molecule has 4 rings (SSSR count). The molecule has 1 aromatic heterocycles. The third kappa shape index (κ3) is 4.95. The van der Waals surface area contributed by atoms with E-state index in [9.17, 15) is 24.8 Å². The van der Waals surface area contributed by atoms with Crippen molar-refractivity contribution in [3.8, 4) is 0 Å². The molecule has 0 saturated carbocycles. The maximum atomic E-state index is 13.1. The number of ether oxygens (including phenoxy) is 1. The molecule has 2 aromatic rings. The highest BCUT2D eigenvalue weighted by Crippen LogP contribution is 2.57. The average Bonchev–Trinajstić information content (AvgIpc) is 3.40. The normalized spacial score (nSPS) is 21.2. The Hall–Kier alpha value is -1.78. The number of carbonyl (C=O) groups excluding carboxylic acids is 2. The maximum absolute atomic E-state index is 13.1.